The largest absolute Gasteiger partial charge is 0.478 e. The fourth-order valence-corrected chi connectivity index (χ4v) is 3.19. The Labute approximate surface area is 82.2 Å². The highest BCUT2D eigenvalue weighted by atomic mass is 28.3. The molecule has 0 bridgehead atoms. The van der Waals surface area contributed by atoms with Crippen LogP contribution in [0, 0.1) is 0 Å². The van der Waals surface area contributed by atoms with Gasteiger partial charge in [-0.2, -0.15) is 0 Å². The van der Waals surface area contributed by atoms with E-state index in [-0.39, 0.29) is 9.76 Å². The molecule has 76 valence electrons. The number of aliphatic carboxylic acids is 1. The van der Waals surface area contributed by atoms with Crippen molar-refractivity contribution >= 4 is 24.8 Å². The van der Waals surface area contributed by atoms with Crippen LogP contribution in [0.1, 0.15) is 0 Å². The van der Waals surface area contributed by atoms with Crippen molar-refractivity contribution in [1.82, 2.24) is 0 Å². The number of carboxylic acid groups (broad SMARTS) is 1. The lowest BCUT2D eigenvalue weighted by Crippen LogP contribution is -2.15. The molecule has 0 aliphatic carbocycles. The van der Waals surface area contributed by atoms with Crippen LogP contribution in [-0.2, 0) is 13.6 Å². The fourth-order valence-electron chi connectivity index (χ4n) is 0.464. The van der Waals surface area contributed by atoms with Crippen LogP contribution in [0.15, 0.2) is 12.7 Å². The fraction of sp³-hybridized carbons (Fsp3) is 0.571. The molecule has 1 saturated heterocycles. The molecule has 0 radical (unpaired) electrons. The van der Waals surface area contributed by atoms with Crippen LogP contribution in [0.3, 0.4) is 0 Å². The SMILES string of the molecule is C=CC(=O)O.C[SiH](C)O[SiH2]C1CO1. The third-order valence-electron chi connectivity index (χ3n) is 1.19. The molecule has 0 aromatic heterocycles. The summed E-state index contributed by atoms with van der Waals surface area (Å²) in [5, 5.41) is 7.60. The third-order valence-corrected chi connectivity index (χ3v) is 5.47. The molecule has 0 aromatic carbocycles. The van der Waals surface area contributed by atoms with Gasteiger partial charge in [-0.05, 0) is 13.1 Å². The van der Waals surface area contributed by atoms with Crippen molar-refractivity contribution in [1.29, 1.82) is 0 Å². The number of hydrogen-bond donors (Lipinski definition) is 1. The Bertz CT molecular complexity index is 166. The maximum Gasteiger partial charge on any atom is 0.327 e. The molecule has 0 aromatic rings. The van der Waals surface area contributed by atoms with Crippen LogP contribution >= 0.6 is 0 Å². The average molecular weight is 220 g/mol. The summed E-state index contributed by atoms with van der Waals surface area (Å²) in [5.74, 6) is -0.981. The van der Waals surface area contributed by atoms with Gasteiger partial charge in [-0.3, -0.25) is 0 Å². The summed E-state index contributed by atoms with van der Waals surface area (Å²) in [6.45, 7) is 8.35. The van der Waals surface area contributed by atoms with Gasteiger partial charge in [0.1, 0.15) is 0 Å². The van der Waals surface area contributed by atoms with E-state index in [1.165, 1.54) is 0 Å². The second-order valence-electron chi connectivity index (χ2n) is 2.88. The number of rotatable bonds is 4. The molecule has 1 fully saturated rings. The Kier molecular flexibility index (Phi) is 6.78. The molecule has 1 aliphatic heterocycles. The maximum absolute atomic E-state index is 9.25. The molecule has 1 atom stereocenters. The summed E-state index contributed by atoms with van der Waals surface area (Å²) in [6, 6.07) is 0. The third kappa shape index (κ3) is 11.6. The molecule has 0 saturated carbocycles. The van der Waals surface area contributed by atoms with E-state index < -0.39 is 15.0 Å². The Hall–Kier alpha value is -0.436. The minimum Gasteiger partial charge on any atom is -0.478 e. The second kappa shape index (κ2) is 7.01. The van der Waals surface area contributed by atoms with Gasteiger partial charge < -0.3 is 14.0 Å². The van der Waals surface area contributed by atoms with E-state index in [1.807, 2.05) is 0 Å². The Balaban J connectivity index is 0.000000252. The van der Waals surface area contributed by atoms with Gasteiger partial charge in [0, 0.05) is 6.08 Å². The van der Waals surface area contributed by atoms with Gasteiger partial charge in [-0.15, -0.1) is 0 Å². The minimum absolute atomic E-state index is 0.251. The number of epoxide rings is 1. The topological polar surface area (TPSA) is 59.1 Å². The number of carboxylic acids is 1. The summed E-state index contributed by atoms with van der Waals surface area (Å²) >= 11 is 0. The van der Waals surface area contributed by atoms with Gasteiger partial charge in [0.05, 0.1) is 12.3 Å². The highest BCUT2D eigenvalue weighted by Crippen LogP contribution is 2.06. The summed E-state index contributed by atoms with van der Waals surface area (Å²) in [7, 11) is -0.956. The number of ether oxygens (including phenoxy) is 1. The normalized spacial score (nSPS) is 19.8. The predicted molar refractivity (Wildman–Crippen MR) is 56.1 cm³/mol. The van der Waals surface area contributed by atoms with Gasteiger partial charge >= 0.3 is 5.97 Å². The summed E-state index contributed by atoms with van der Waals surface area (Å²) < 4.78 is 10.5. The highest BCUT2D eigenvalue weighted by Gasteiger charge is 2.23. The van der Waals surface area contributed by atoms with E-state index in [9.17, 15) is 4.79 Å². The highest BCUT2D eigenvalue weighted by molar-refractivity contribution is 6.56. The van der Waals surface area contributed by atoms with Gasteiger partial charge in [0.25, 0.3) is 0 Å². The second-order valence-corrected chi connectivity index (χ2v) is 7.55. The lowest BCUT2D eigenvalue weighted by atomic mass is 10.7. The first kappa shape index (κ1) is 12.6. The average Bonchev–Trinajstić information content (AvgIpc) is 2.85. The van der Waals surface area contributed by atoms with Crippen molar-refractivity contribution in [3.05, 3.63) is 12.7 Å². The van der Waals surface area contributed by atoms with Crippen molar-refractivity contribution in [3.63, 3.8) is 0 Å². The Morgan fingerprint density at radius 1 is 1.85 bits per heavy atom. The van der Waals surface area contributed by atoms with E-state index >= 15 is 0 Å². The molecular weight excluding hydrogens is 204 g/mol. The zero-order chi connectivity index (χ0) is 10.3. The van der Waals surface area contributed by atoms with E-state index in [0.717, 1.165) is 12.7 Å². The van der Waals surface area contributed by atoms with Gasteiger partial charge in [-0.1, -0.05) is 6.58 Å². The zero-order valence-electron chi connectivity index (χ0n) is 8.03. The monoisotopic (exact) mass is 220 g/mol. The van der Waals surface area contributed by atoms with Crippen molar-refractivity contribution in [2.45, 2.75) is 18.8 Å². The van der Waals surface area contributed by atoms with Gasteiger partial charge in [0.2, 0.25) is 0 Å². The Morgan fingerprint density at radius 2 is 2.31 bits per heavy atom. The lowest BCUT2D eigenvalue weighted by Gasteiger charge is -2.01. The quantitative estimate of drug-likeness (QED) is 0.401. The molecule has 1 N–H and O–H groups in total. The van der Waals surface area contributed by atoms with E-state index in [4.69, 9.17) is 14.0 Å². The molecule has 0 amide bonds. The van der Waals surface area contributed by atoms with Crippen molar-refractivity contribution in [2.75, 3.05) is 6.61 Å². The van der Waals surface area contributed by atoms with Crippen LogP contribution in [0.25, 0.3) is 0 Å². The number of carbonyl (C=O) groups is 1. The maximum atomic E-state index is 9.25. The first-order chi connectivity index (χ1) is 6.06. The van der Waals surface area contributed by atoms with Crippen molar-refractivity contribution in [2.24, 2.45) is 0 Å². The van der Waals surface area contributed by atoms with Crippen molar-refractivity contribution in [3.8, 4) is 0 Å². The van der Waals surface area contributed by atoms with E-state index in [1.54, 1.807) is 0 Å². The molecule has 4 nitrogen and oxygen atoms in total. The summed E-state index contributed by atoms with van der Waals surface area (Å²) in [5.41, 5.74) is 0.588. The summed E-state index contributed by atoms with van der Waals surface area (Å²) in [4.78, 5) is 9.25. The minimum atomic E-state index is -0.981. The van der Waals surface area contributed by atoms with Crippen molar-refractivity contribution < 1.29 is 18.8 Å². The summed E-state index contributed by atoms with van der Waals surface area (Å²) in [6.07, 6.45) is 0.833. The van der Waals surface area contributed by atoms with Crippen LogP contribution < -0.4 is 0 Å². The molecule has 1 heterocycles. The molecule has 0 spiro atoms. The molecule has 6 heteroatoms. The first-order valence-electron chi connectivity index (χ1n) is 4.14. The molecule has 1 rings (SSSR count). The van der Waals surface area contributed by atoms with Crippen LogP contribution in [-0.4, -0.2) is 42.2 Å². The number of hydrogen-bond acceptors (Lipinski definition) is 3. The first-order valence-corrected chi connectivity index (χ1v) is 8.32. The van der Waals surface area contributed by atoms with Gasteiger partial charge in [-0.25, -0.2) is 4.79 Å². The van der Waals surface area contributed by atoms with Gasteiger partial charge in [0.15, 0.2) is 18.8 Å². The van der Waals surface area contributed by atoms with Crippen LogP contribution in [0.5, 0.6) is 0 Å². The standard InChI is InChI=1S/C4H12O2Si2.C3H4O2/c1-8(2)6-7-4-3-5-4;1-2-3(4)5/h4,8H,3,7H2,1-2H3;2H,1H2,(H,4,5). The smallest absolute Gasteiger partial charge is 0.327 e. The van der Waals surface area contributed by atoms with E-state index in [2.05, 4.69) is 19.7 Å². The van der Waals surface area contributed by atoms with Crippen LogP contribution in [0.2, 0.25) is 13.1 Å². The molecule has 1 unspecified atom stereocenters. The lowest BCUT2D eigenvalue weighted by molar-refractivity contribution is -0.131. The van der Waals surface area contributed by atoms with E-state index in [0.29, 0.717) is 5.73 Å². The molecular formula is C7H16O4Si2. The predicted octanol–water partition coefficient (Wildman–Crippen LogP) is -0.317. The zero-order valence-corrected chi connectivity index (χ0v) is 10.6. The molecule has 1 aliphatic rings. The van der Waals surface area contributed by atoms with Crippen LogP contribution in [0.4, 0.5) is 0 Å². The molecule has 13 heavy (non-hydrogen) atoms. The Morgan fingerprint density at radius 3 is 2.54 bits per heavy atom.